The van der Waals surface area contributed by atoms with Crippen LogP contribution in [0.2, 0.25) is 0 Å². The van der Waals surface area contributed by atoms with Gasteiger partial charge in [0.25, 0.3) is 0 Å². The first kappa shape index (κ1) is 10.3. The number of hydrogen-bond acceptors (Lipinski definition) is 6. The third-order valence-electron chi connectivity index (χ3n) is 1.64. The number of sulfone groups is 1. The van der Waals surface area contributed by atoms with Gasteiger partial charge in [-0.25, -0.2) is 16.8 Å². The van der Waals surface area contributed by atoms with Gasteiger partial charge in [-0.2, -0.15) is 12.6 Å². The molecule has 0 saturated carbocycles. The zero-order chi connectivity index (χ0) is 9.57. The molecular formula is C4H8O5S3. The Morgan fingerprint density at radius 2 is 1.92 bits per heavy atom. The van der Waals surface area contributed by atoms with Gasteiger partial charge in [0.05, 0.1) is 26.9 Å². The van der Waals surface area contributed by atoms with Gasteiger partial charge in [0.15, 0.2) is 9.84 Å². The highest BCUT2D eigenvalue weighted by atomic mass is 32.2. The third-order valence-corrected chi connectivity index (χ3v) is 5.82. The highest BCUT2D eigenvalue weighted by molar-refractivity contribution is 7.96. The van der Waals surface area contributed by atoms with Crippen LogP contribution in [0, 0.1) is 0 Å². The minimum absolute atomic E-state index is 0. The average Bonchev–Trinajstić information content (AvgIpc) is 2.03. The Balaban J connectivity index is 0.00000144. The summed E-state index contributed by atoms with van der Waals surface area (Å²) in [5.41, 5.74) is 0. The summed E-state index contributed by atoms with van der Waals surface area (Å²) in [6, 6.07) is 0. The molecule has 12 heavy (non-hydrogen) atoms. The Hall–Kier alpha value is 0.210. The van der Waals surface area contributed by atoms with Gasteiger partial charge in [-0.15, -0.1) is 0 Å². The molecule has 2 atom stereocenters. The van der Waals surface area contributed by atoms with Crippen LogP contribution < -0.4 is 0 Å². The zero-order valence-corrected chi connectivity index (χ0v) is 8.40. The van der Waals surface area contributed by atoms with E-state index in [1.165, 1.54) is 0 Å². The summed E-state index contributed by atoms with van der Waals surface area (Å²) in [4.78, 5) is 0. The molecule has 1 heterocycles. The van der Waals surface area contributed by atoms with Gasteiger partial charge in [-0.1, -0.05) is 0 Å². The lowest BCUT2D eigenvalue weighted by Crippen LogP contribution is -2.29. The van der Waals surface area contributed by atoms with E-state index in [1.807, 2.05) is 0 Å². The standard InChI is InChI=1S/C4H8O5S3/c5-11(6)1-3(10)4(2-11)12(7,8)9/h3-4,10H,1-2H2,(H,7,8,9). The second kappa shape index (κ2) is 2.86. The van der Waals surface area contributed by atoms with Gasteiger partial charge in [-0.05, 0) is 0 Å². The summed E-state index contributed by atoms with van der Waals surface area (Å²) in [5.74, 6) is -0.921. The Morgan fingerprint density at radius 3 is 2.08 bits per heavy atom. The van der Waals surface area contributed by atoms with Crippen LogP contribution in [0.1, 0.15) is 1.43 Å². The summed E-state index contributed by atoms with van der Waals surface area (Å²) < 4.78 is 53.1. The number of hydrogen-bond donors (Lipinski definition) is 1. The molecule has 1 rings (SSSR count). The maximum absolute atomic E-state index is 10.8. The first-order valence-electron chi connectivity index (χ1n) is 3.05. The van der Waals surface area contributed by atoms with E-state index >= 15 is 0 Å². The molecule has 1 saturated heterocycles. The normalized spacial score (nSPS) is 35.2. The molecule has 8 heteroatoms. The summed E-state index contributed by atoms with van der Waals surface area (Å²) in [6.07, 6.45) is 0. The molecule has 2 unspecified atom stereocenters. The van der Waals surface area contributed by atoms with Crippen molar-refractivity contribution in [2.24, 2.45) is 0 Å². The topological polar surface area (TPSA) is 91.3 Å². The minimum Gasteiger partial charge on any atom is -0.748 e. The van der Waals surface area contributed by atoms with Gasteiger partial charge in [-0.3, -0.25) is 0 Å². The van der Waals surface area contributed by atoms with E-state index in [-0.39, 0.29) is 7.18 Å². The molecule has 0 aromatic carbocycles. The highest BCUT2D eigenvalue weighted by Crippen LogP contribution is 2.22. The summed E-state index contributed by atoms with van der Waals surface area (Å²) in [6.45, 7) is 0. The van der Waals surface area contributed by atoms with Crippen LogP contribution in [0.5, 0.6) is 0 Å². The molecular weight excluding hydrogens is 224 g/mol. The maximum atomic E-state index is 10.8. The van der Waals surface area contributed by atoms with E-state index in [9.17, 15) is 21.4 Å². The molecule has 0 aliphatic carbocycles. The number of rotatable bonds is 1. The predicted octanol–water partition coefficient (Wildman–Crippen LogP) is -1.26. The summed E-state index contributed by atoms with van der Waals surface area (Å²) in [5, 5.41) is -2.26. The molecule has 0 N–H and O–H groups in total. The zero-order valence-electron chi connectivity index (χ0n) is 6.87. The SMILES string of the molecule is O=S1(=O)CC(S)C(S(=O)(=O)[O-])C1.[H+]. The minimum atomic E-state index is -4.53. The molecule has 1 aliphatic heterocycles. The van der Waals surface area contributed by atoms with Crippen molar-refractivity contribution in [2.45, 2.75) is 10.5 Å². The predicted molar refractivity (Wildman–Crippen MR) is 46.0 cm³/mol. The lowest BCUT2D eigenvalue weighted by molar-refractivity contribution is 0.452. The quantitative estimate of drug-likeness (QED) is 0.450. The van der Waals surface area contributed by atoms with E-state index in [0.29, 0.717) is 0 Å². The van der Waals surface area contributed by atoms with Gasteiger partial charge in [0, 0.05) is 5.25 Å². The van der Waals surface area contributed by atoms with E-state index in [1.54, 1.807) is 0 Å². The van der Waals surface area contributed by atoms with Crippen molar-refractivity contribution in [3.63, 3.8) is 0 Å². The van der Waals surface area contributed by atoms with Crippen molar-refractivity contribution in [3.8, 4) is 0 Å². The van der Waals surface area contributed by atoms with Crippen LogP contribution in [-0.2, 0) is 20.0 Å². The van der Waals surface area contributed by atoms with Crippen molar-refractivity contribution < 1.29 is 22.8 Å². The van der Waals surface area contributed by atoms with Gasteiger partial charge >= 0.3 is 1.43 Å². The Bertz CT molecular complexity index is 371. The van der Waals surface area contributed by atoms with Crippen LogP contribution in [-0.4, -0.2) is 43.4 Å². The van der Waals surface area contributed by atoms with Gasteiger partial charge < -0.3 is 4.55 Å². The Labute approximate surface area is 77.7 Å². The number of thiol groups is 1. The fourth-order valence-electron chi connectivity index (χ4n) is 1.07. The summed E-state index contributed by atoms with van der Waals surface area (Å²) in [7, 11) is -7.91. The molecule has 72 valence electrons. The molecule has 0 aromatic rings. The molecule has 0 radical (unpaired) electrons. The molecule has 0 aromatic heterocycles. The van der Waals surface area contributed by atoms with Crippen LogP contribution >= 0.6 is 12.6 Å². The molecule has 0 amide bonds. The largest absolute Gasteiger partial charge is 1.00 e. The first-order valence-corrected chi connectivity index (χ1v) is 6.86. The van der Waals surface area contributed by atoms with Crippen molar-refractivity contribution in [1.29, 1.82) is 0 Å². The monoisotopic (exact) mass is 232 g/mol. The van der Waals surface area contributed by atoms with E-state index < -0.39 is 36.2 Å². The fourth-order valence-corrected chi connectivity index (χ4v) is 5.96. The van der Waals surface area contributed by atoms with Crippen molar-refractivity contribution in [3.05, 3.63) is 0 Å². The van der Waals surface area contributed by atoms with Crippen LogP contribution in [0.15, 0.2) is 0 Å². The van der Waals surface area contributed by atoms with Crippen molar-refractivity contribution in [1.82, 2.24) is 0 Å². The van der Waals surface area contributed by atoms with E-state index in [0.717, 1.165) is 0 Å². The molecule has 0 spiro atoms. The Morgan fingerprint density at radius 1 is 1.42 bits per heavy atom. The van der Waals surface area contributed by atoms with Crippen molar-refractivity contribution >= 4 is 32.6 Å². The lowest BCUT2D eigenvalue weighted by Gasteiger charge is -2.16. The van der Waals surface area contributed by atoms with E-state index in [4.69, 9.17) is 0 Å². The van der Waals surface area contributed by atoms with Gasteiger partial charge in [0.1, 0.15) is 0 Å². The third kappa shape index (κ3) is 2.12. The molecule has 0 bridgehead atoms. The second-order valence-corrected chi connectivity index (χ2v) is 7.08. The smallest absolute Gasteiger partial charge is 0.748 e. The second-order valence-electron chi connectivity index (χ2n) is 2.68. The fraction of sp³-hybridized carbons (Fsp3) is 1.00. The van der Waals surface area contributed by atoms with Gasteiger partial charge in [0.2, 0.25) is 0 Å². The van der Waals surface area contributed by atoms with Crippen molar-refractivity contribution in [2.75, 3.05) is 11.5 Å². The average molecular weight is 232 g/mol. The molecule has 1 fully saturated rings. The van der Waals surface area contributed by atoms with Crippen LogP contribution in [0.25, 0.3) is 0 Å². The molecule has 1 aliphatic rings. The first-order chi connectivity index (χ1) is 5.22. The molecule has 5 nitrogen and oxygen atoms in total. The van der Waals surface area contributed by atoms with Crippen LogP contribution in [0.4, 0.5) is 0 Å². The Kier molecular flexibility index (Phi) is 2.45. The summed E-state index contributed by atoms with van der Waals surface area (Å²) >= 11 is 3.74. The van der Waals surface area contributed by atoms with Crippen LogP contribution in [0.3, 0.4) is 0 Å². The lowest BCUT2D eigenvalue weighted by atomic mass is 10.4. The maximum Gasteiger partial charge on any atom is 1.00 e. The van der Waals surface area contributed by atoms with E-state index in [2.05, 4.69) is 12.6 Å². The highest BCUT2D eigenvalue weighted by Gasteiger charge is 2.39.